The van der Waals surface area contributed by atoms with Crippen molar-refractivity contribution in [2.45, 2.75) is 0 Å². The number of carbonyl (C=O) groups is 1. The van der Waals surface area contributed by atoms with Crippen LogP contribution in [0, 0.1) is 10.1 Å². The van der Waals surface area contributed by atoms with Crippen molar-refractivity contribution in [2.24, 2.45) is 0 Å². The highest BCUT2D eigenvalue weighted by molar-refractivity contribution is 7.08. The molecule has 1 amide bonds. The zero-order valence-electron chi connectivity index (χ0n) is 7.88. The van der Waals surface area contributed by atoms with E-state index in [2.05, 4.69) is 5.32 Å². The van der Waals surface area contributed by atoms with Crippen molar-refractivity contribution in [3.8, 4) is 0 Å². The molecule has 0 aliphatic rings. The Morgan fingerprint density at radius 1 is 1.44 bits per heavy atom. The highest BCUT2D eigenvalue weighted by atomic mass is 32.1. The molecule has 7 heteroatoms. The summed E-state index contributed by atoms with van der Waals surface area (Å²) in [5.41, 5.74) is 0.633. The molecule has 2 rings (SSSR count). The summed E-state index contributed by atoms with van der Waals surface area (Å²) >= 11 is 1.43. The van der Waals surface area contributed by atoms with Gasteiger partial charge in [-0.25, -0.2) is 0 Å². The van der Waals surface area contributed by atoms with Crippen LogP contribution < -0.4 is 5.32 Å². The zero-order valence-corrected chi connectivity index (χ0v) is 8.69. The van der Waals surface area contributed by atoms with Gasteiger partial charge in [0.05, 0.1) is 11.8 Å². The highest BCUT2D eigenvalue weighted by Gasteiger charge is 2.17. The summed E-state index contributed by atoms with van der Waals surface area (Å²) in [6.07, 6.45) is 0. The van der Waals surface area contributed by atoms with E-state index in [9.17, 15) is 14.9 Å². The normalized spacial score (nSPS) is 10.0. The van der Waals surface area contributed by atoms with Gasteiger partial charge in [0.1, 0.15) is 4.92 Å². The number of anilines is 1. The summed E-state index contributed by atoms with van der Waals surface area (Å²) in [4.78, 5) is 21.2. The van der Waals surface area contributed by atoms with Crippen LogP contribution in [0.2, 0.25) is 0 Å². The van der Waals surface area contributed by atoms with E-state index in [1.807, 2.05) is 0 Å². The van der Waals surface area contributed by atoms with E-state index < -0.39 is 16.7 Å². The fourth-order valence-electron chi connectivity index (χ4n) is 1.08. The molecular weight excluding hydrogens is 232 g/mol. The third-order valence-electron chi connectivity index (χ3n) is 1.77. The third kappa shape index (κ3) is 2.09. The average molecular weight is 238 g/mol. The number of hydrogen-bond acceptors (Lipinski definition) is 5. The topological polar surface area (TPSA) is 85.4 Å². The second-order valence-electron chi connectivity index (χ2n) is 2.86. The second-order valence-corrected chi connectivity index (χ2v) is 3.64. The summed E-state index contributed by atoms with van der Waals surface area (Å²) in [5, 5.41) is 16.4. The molecule has 0 bridgehead atoms. The minimum absolute atomic E-state index is 0.0853. The zero-order chi connectivity index (χ0) is 11.5. The summed E-state index contributed by atoms with van der Waals surface area (Å²) in [5.74, 6) is -1.04. The Hall–Kier alpha value is -2.15. The van der Waals surface area contributed by atoms with Crippen LogP contribution in [0.25, 0.3) is 0 Å². The molecule has 82 valence electrons. The van der Waals surface area contributed by atoms with E-state index in [-0.39, 0.29) is 5.76 Å². The number of carbonyl (C=O) groups excluding carboxylic acids is 1. The molecular formula is C9H6N2O4S. The number of nitrogens with one attached hydrogen (secondary N) is 1. The molecule has 2 heterocycles. The minimum atomic E-state index is -0.693. The maximum absolute atomic E-state index is 11.5. The molecule has 0 atom stereocenters. The van der Waals surface area contributed by atoms with E-state index >= 15 is 0 Å². The largest absolute Gasteiger partial charge is 0.433 e. The van der Waals surface area contributed by atoms with Gasteiger partial charge in [-0.3, -0.25) is 14.9 Å². The van der Waals surface area contributed by atoms with Gasteiger partial charge in [-0.15, -0.1) is 0 Å². The highest BCUT2D eigenvalue weighted by Crippen LogP contribution is 2.18. The van der Waals surface area contributed by atoms with Crippen LogP contribution in [0.5, 0.6) is 0 Å². The minimum Gasteiger partial charge on any atom is -0.395 e. The summed E-state index contributed by atoms with van der Waals surface area (Å²) in [6.45, 7) is 0. The first-order valence-electron chi connectivity index (χ1n) is 4.24. The molecule has 1 N–H and O–H groups in total. The fourth-order valence-corrected chi connectivity index (χ4v) is 1.66. The molecule has 0 aliphatic carbocycles. The van der Waals surface area contributed by atoms with Crippen LogP contribution in [0.3, 0.4) is 0 Å². The molecule has 0 radical (unpaired) electrons. The Labute approximate surface area is 93.7 Å². The number of nitrogens with zero attached hydrogens (tertiary/aromatic N) is 1. The number of amides is 1. The van der Waals surface area contributed by atoms with E-state index in [1.165, 1.54) is 17.4 Å². The predicted octanol–water partition coefficient (Wildman–Crippen LogP) is 2.50. The van der Waals surface area contributed by atoms with Crippen LogP contribution in [0.15, 0.2) is 33.4 Å². The Morgan fingerprint density at radius 2 is 2.25 bits per heavy atom. The lowest BCUT2D eigenvalue weighted by Crippen LogP contribution is -2.09. The van der Waals surface area contributed by atoms with E-state index in [0.717, 1.165) is 6.07 Å². The van der Waals surface area contributed by atoms with Gasteiger partial charge >= 0.3 is 5.88 Å². The molecule has 0 aromatic carbocycles. The summed E-state index contributed by atoms with van der Waals surface area (Å²) in [7, 11) is 0. The third-order valence-corrected chi connectivity index (χ3v) is 2.46. The molecule has 0 unspecified atom stereocenters. The van der Waals surface area contributed by atoms with Gasteiger partial charge in [-0.2, -0.15) is 11.3 Å². The smallest absolute Gasteiger partial charge is 0.395 e. The number of nitro groups is 1. The molecule has 0 spiro atoms. The standard InChI is InChI=1S/C9H6N2O4S/c12-9(10-6-3-4-16-5-6)7-1-2-8(15-7)11(13)14/h1-5H,(H,10,12). The Balaban J connectivity index is 2.12. The lowest BCUT2D eigenvalue weighted by atomic mass is 10.4. The van der Waals surface area contributed by atoms with Gasteiger partial charge in [-0.1, -0.05) is 0 Å². The van der Waals surface area contributed by atoms with Gasteiger partial charge in [-0.05, 0) is 17.5 Å². The van der Waals surface area contributed by atoms with Gasteiger partial charge in [0.25, 0.3) is 5.91 Å². The van der Waals surface area contributed by atoms with Gasteiger partial charge in [0.15, 0.2) is 5.76 Å². The number of rotatable bonds is 3. The van der Waals surface area contributed by atoms with Crippen molar-refractivity contribution in [3.05, 3.63) is 44.8 Å². The lowest BCUT2D eigenvalue weighted by Gasteiger charge is -1.97. The molecule has 2 aromatic heterocycles. The van der Waals surface area contributed by atoms with Crippen molar-refractivity contribution in [1.82, 2.24) is 0 Å². The van der Waals surface area contributed by atoms with E-state index in [4.69, 9.17) is 4.42 Å². The Kier molecular flexibility index (Phi) is 2.69. The number of thiophene rings is 1. The maximum atomic E-state index is 11.5. The van der Waals surface area contributed by atoms with Crippen molar-refractivity contribution in [1.29, 1.82) is 0 Å². The maximum Gasteiger partial charge on any atom is 0.433 e. The first kappa shape index (κ1) is 10.4. The fraction of sp³-hybridized carbons (Fsp3) is 0. The summed E-state index contributed by atoms with van der Waals surface area (Å²) < 4.78 is 4.75. The van der Waals surface area contributed by atoms with Crippen molar-refractivity contribution < 1.29 is 14.1 Å². The van der Waals surface area contributed by atoms with Crippen molar-refractivity contribution >= 4 is 28.8 Å². The SMILES string of the molecule is O=C(Nc1ccsc1)c1ccc([N+](=O)[O-])o1. The van der Waals surface area contributed by atoms with Crippen LogP contribution in [-0.2, 0) is 0 Å². The molecule has 0 fully saturated rings. The Bertz CT molecular complexity index is 517. The van der Waals surface area contributed by atoms with Gasteiger partial charge < -0.3 is 9.73 Å². The lowest BCUT2D eigenvalue weighted by molar-refractivity contribution is -0.402. The second kappa shape index (κ2) is 4.15. The van der Waals surface area contributed by atoms with Crippen LogP contribution in [0.4, 0.5) is 11.6 Å². The van der Waals surface area contributed by atoms with Crippen LogP contribution >= 0.6 is 11.3 Å². The predicted molar refractivity (Wildman–Crippen MR) is 57.6 cm³/mol. The molecule has 2 aromatic rings. The molecule has 16 heavy (non-hydrogen) atoms. The van der Waals surface area contributed by atoms with Crippen molar-refractivity contribution in [3.63, 3.8) is 0 Å². The number of hydrogen-bond donors (Lipinski definition) is 1. The first-order valence-corrected chi connectivity index (χ1v) is 5.19. The van der Waals surface area contributed by atoms with Crippen molar-refractivity contribution in [2.75, 3.05) is 5.32 Å². The first-order chi connectivity index (χ1) is 7.66. The molecule has 0 saturated carbocycles. The van der Waals surface area contributed by atoms with E-state index in [0.29, 0.717) is 5.69 Å². The van der Waals surface area contributed by atoms with E-state index in [1.54, 1.807) is 16.8 Å². The Morgan fingerprint density at radius 3 is 2.81 bits per heavy atom. The van der Waals surface area contributed by atoms with Gasteiger partial charge in [0, 0.05) is 5.38 Å². The quantitative estimate of drug-likeness (QED) is 0.657. The molecule has 6 nitrogen and oxygen atoms in total. The van der Waals surface area contributed by atoms with Gasteiger partial charge in [0.2, 0.25) is 0 Å². The number of furan rings is 1. The van der Waals surface area contributed by atoms with Crippen LogP contribution in [-0.4, -0.2) is 10.8 Å². The average Bonchev–Trinajstić information content (AvgIpc) is 2.86. The summed E-state index contributed by atoms with van der Waals surface area (Å²) in [6, 6.07) is 4.13. The molecule has 0 aliphatic heterocycles. The molecule has 0 saturated heterocycles. The van der Waals surface area contributed by atoms with Crippen LogP contribution in [0.1, 0.15) is 10.6 Å². The monoisotopic (exact) mass is 238 g/mol.